The molecule has 0 atom stereocenters. The molecule has 33 heavy (non-hydrogen) atoms. The van der Waals surface area contributed by atoms with Crippen LogP contribution in [0.2, 0.25) is 0 Å². The normalized spacial score (nSPS) is 17.2. The fraction of sp³-hybridized carbons (Fsp3) is 0.480. The second-order valence-corrected chi connectivity index (χ2v) is 8.31. The van der Waals surface area contributed by atoms with E-state index >= 15 is 0 Å². The molecule has 1 fully saturated rings. The minimum absolute atomic E-state index is 0.127. The lowest BCUT2D eigenvalue weighted by molar-refractivity contribution is -0.143. The number of halogens is 6. The molecule has 0 N–H and O–H groups in total. The van der Waals surface area contributed by atoms with Crippen LogP contribution in [0.1, 0.15) is 70.1 Å². The van der Waals surface area contributed by atoms with E-state index in [1.165, 1.54) is 0 Å². The highest BCUT2D eigenvalue weighted by Crippen LogP contribution is 2.38. The van der Waals surface area contributed by atoms with Crippen LogP contribution in [0, 0.1) is 0 Å². The molecule has 1 aliphatic rings. The highest BCUT2D eigenvalue weighted by Gasteiger charge is 2.37. The smallest absolute Gasteiger partial charge is 0.375 e. The molecule has 2 rings (SSSR count). The third kappa shape index (κ3) is 7.24. The summed E-state index contributed by atoms with van der Waals surface area (Å²) in [4.78, 5) is 6.70. The van der Waals surface area contributed by atoms with Gasteiger partial charge in [-0.2, -0.15) is 26.3 Å². The van der Waals surface area contributed by atoms with Crippen molar-refractivity contribution in [3.8, 4) is 0 Å². The van der Waals surface area contributed by atoms with Gasteiger partial charge in [-0.3, -0.25) is 4.99 Å². The fourth-order valence-corrected chi connectivity index (χ4v) is 3.78. The van der Waals surface area contributed by atoms with Crippen molar-refractivity contribution < 1.29 is 26.3 Å². The maximum absolute atomic E-state index is 13.3. The van der Waals surface area contributed by atoms with Gasteiger partial charge >= 0.3 is 12.4 Å². The fourth-order valence-electron chi connectivity index (χ4n) is 3.78. The Hall–Kier alpha value is -2.51. The molecule has 0 amide bonds. The SMILES string of the molecule is C=C(C)N=C(/C=C(\CC)c1cc(C(F)(F)F)cc(C(F)(F)F)c1)/C(C)=C(\C)N1CCCCC1. The number of nitrogens with zero attached hydrogens (tertiary/aromatic N) is 2. The molecule has 0 aliphatic carbocycles. The maximum atomic E-state index is 13.3. The molecule has 1 aliphatic heterocycles. The van der Waals surface area contributed by atoms with Crippen molar-refractivity contribution in [2.75, 3.05) is 13.1 Å². The predicted octanol–water partition coefficient (Wildman–Crippen LogP) is 8.27. The first-order valence-corrected chi connectivity index (χ1v) is 10.9. The lowest BCUT2D eigenvalue weighted by Crippen LogP contribution is -2.29. The molecule has 0 radical (unpaired) electrons. The van der Waals surface area contributed by atoms with Crippen LogP contribution < -0.4 is 0 Å². The Morgan fingerprint density at radius 2 is 1.45 bits per heavy atom. The first kappa shape index (κ1) is 26.7. The minimum atomic E-state index is -4.90. The summed E-state index contributed by atoms with van der Waals surface area (Å²) in [5.41, 5.74) is 0.310. The first-order valence-electron chi connectivity index (χ1n) is 10.9. The Kier molecular flexibility index (Phi) is 8.60. The van der Waals surface area contributed by atoms with Crippen LogP contribution in [-0.4, -0.2) is 23.7 Å². The summed E-state index contributed by atoms with van der Waals surface area (Å²) in [5.74, 6) is 0. The Bertz CT molecular complexity index is 926. The summed E-state index contributed by atoms with van der Waals surface area (Å²) in [7, 11) is 0. The molecule has 1 aromatic rings. The van der Waals surface area contributed by atoms with Crippen molar-refractivity contribution in [2.45, 2.75) is 65.7 Å². The van der Waals surface area contributed by atoms with Crippen LogP contribution in [0.15, 0.2) is 52.8 Å². The maximum Gasteiger partial charge on any atom is 0.416 e. The average Bonchev–Trinajstić information content (AvgIpc) is 2.74. The van der Waals surface area contributed by atoms with Gasteiger partial charge in [-0.05, 0) is 87.4 Å². The summed E-state index contributed by atoms with van der Waals surface area (Å²) >= 11 is 0. The van der Waals surface area contributed by atoms with Crippen molar-refractivity contribution in [1.29, 1.82) is 0 Å². The molecular weight excluding hydrogens is 442 g/mol. The lowest BCUT2D eigenvalue weighted by Gasteiger charge is -2.31. The standard InChI is InChI=1S/C25H30F6N2/c1-6-19(20-12-21(24(26,27)28)15-22(13-20)25(29,30)31)14-23(32-16(2)3)17(4)18(5)33-10-8-7-9-11-33/h12-15H,2,6-11H2,1,3-5H3/b18-17+,19-14+,32-23?. The monoisotopic (exact) mass is 472 g/mol. The van der Waals surface area contributed by atoms with E-state index in [1.54, 1.807) is 19.9 Å². The van der Waals surface area contributed by atoms with Crippen molar-refractivity contribution in [1.82, 2.24) is 4.90 Å². The predicted molar refractivity (Wildman–Crippen MR) is 121 cm³/mol. The van der Waals surface area contributed by atoms with E-state index in [0.717, 1.165) is 55.8 Å². The van der Waals surface area contributed by atoms with Crippen LogP contribution in [0.5, 0.6) is 0 Å². The molecule has 0 saturated carbocycles. The summed E-state index contributed by atoms with van der Waals surface area (Å²) in [5, 5.41) is 0. The first-order chi connectivity index (χ1) is 15.2. The van der Waals surface area contributed by atoms with Crippen LogP contribution in [0.4, 0.5) is 26.3 Å². The third-order valence-electron chi connectivity index (χ3n) is 5.72. The molecule has 0 unspecified atom stereocenters. The molecule has 0 aromatic heterocycles. The van der Waals surface area contributed by atoms with Crippen molar-refractivity contribution in [3.05, 3.63) is 64.5 Å². The van der Waals surface area contributed by atoms with Gasteiger partial charge in [0.1, 0.15) is 0 Å². The topological polar surface area (TPSA) is 15.6 Å². The van der Waals surface area contributed by atoms with Crippen LogP contribution >= 0.6 is 0 Å². The van der Waals surface area contributed by atoms with E-state index in [-0.39, 0.29) is 18.1 Å². The Labute approximate surface area is 191 Å². The number of rotatable bonds is 6. The number of likely N-dealkylation sites (tertiary alicyclic amines) is 1. The molecule has 1 saturated heterocycles. The zero-order valence-electron chi connectivity index (χ0n) is 19.4. The molecule has 8 heteroatoms. The second kappa shape index (κ2) is 10.6. The zero-order chi connectivity index (χ0) is 25.0. The summed E-state index contributed by atoms with van der Waals surface area (Å²) in [6, 6.07) is 1.67. The van der Waals surface area contributed by atoms with Crippen LogP contribution in [0.3, 0.4) is 0 Å². The molecule has 2 nitrogen and oxygen atoms in total. The number of alkyl halides is 6. The van der Waals surface area contributed by atoms with E-state index < -0.39 is 23.5 Å². The number of allylic oxidation sites excluding steroid dienone is 5. The van der Waals surface area contributed by atoms with Gasteiger partial charge in [0.05, 0.1) is 16.8 Å². The largest absolute Gasteiger partial charge is 0.416 e. The van der Waals surface area contributed by atoms with Gasteiger partial charge in [0.25, 0.3) is 0 Å². The zero-order valence-corrected chi connectivity index (χ0v) is 19.4. The number of aliphatic imine (C=N–C) groups is 1. The lowest BCUT2D eigenvalue weighted by atomic mass is 9.95. The van der Waals surface area contributed by atoms with E-state index in [1.807, 2.05) is 13.8 Å². The highest BCUT2D eigenvalue weighted by molar-refractivity contribution is 6.12. The number of piperidine rings is 1. The number of hydrogen-bond donors (Lipinski definition) is 0. The molecule has 1 heterocycles. The molecule has 0 bridgehead atoms. The minimum Gasteiger partial charge on any atom is -0.375 e. The van der Waals surface area contributed by atoms with Gasteiger partial charge < -0.3 is 4.90 Å². The average molecular weight is 473 g/mol. The van der Waals surface area contributed by atoms with E-state index in [2.05, 4.69) is 16.5 Å². The van der Waals surface area contributed by atoms with E-state index in [4.69, 9.17) is 0 Å². The van der Waals surface area contributed by atoms with E-state index in [0.29, 0.717) is 17.0 Å². The summed E-state index contributed by atoms with van der Waals surface area (Å²) in [6.45, 7) is 12.8. The van der Waals surface area contributed by atoms with Crippen LogP contribution in [0.25, 0.3) is 5.57 Å². The Balaban J connectivity index is 2.65. The van der Waals surface area contributed by atoms with Gasteiger partial charge in [-0.15, -0.1) is 0 Å². The molecule has 0 spiro atoms. The van der Waals surface area contributed by atoms with Gasteiger partial charge in [-0.25, -0.2) is 0 Å². The number of hydrogen-bond acceptors (Lipinski definition) is 2. The van der Waals surface area contributed by atoms with Crippen molar-refractivity contribution in [3.63, 3.8) is 0 Å². The Morgan fingerprint density at radius 1 is 0.939 bits per heavy atom. The second-order valence-electron chi connectivity index (χ2n) is 8.31. The highest BCUT2D eigenvalue weighted by atomic mass is 19.4. The summed E-state index contributed by atoms with van der Waals surface area (Å²) < 4.78 is 80.1. The third-order valence-corrected chi connectivity index (χ3v) is 5.72. The number of benzene rings is 1. The Morgan fingerprint density at radius 3 is 1.88 bits per heavy atom. The van der Waals surface area contributed by atoms with Crippen molar-refractivity contribution in [2.24, 2.45) is 4.99 Å². The van der Waals surface area contributed by atoms with Gasteiger partial charge in [0.15, 0.2) is 0 Å². The van der Waals surface area contributed by atoms with Gasteiger partial charge in [0, 0.05) is 24.5 Å². The molecule has 1 aromatic carbocycles. The quantitative estimate of drug-likeness (QED) is 0.300. The van der Waals surface area contributed by atoms with Crippen LogP contribution in [-0.2, 0) is 12.4 Å². The van der Waals surface area contributed by atoms with E-state index in [9.17, 15) is 26.3 Å². The van der Waals surface area contributed by atoms with Gasteiger partial charge in [-0.1, -0.05) is 13.5 Å². The van der Waals surface area contributed by atoms with Crippen molar-refractivity contribution >= 4 is 11.3 Å². The van der Waals surface area contributed by atoms with Gasteiger partial charge in [0.2, 0.25) is 0 Å². The molecule has 182 valence electrons. The summed E-state index contributed by atoms with van der Waals surface area (Å²) in [6.07, 6.45) is -4.70. The molecular formula is C25H30F6N2.